The monoisotopic (exact) mass is 496 g/mol. The molecule has 0 spiro atoms. The Kier molecular flexibility index (Phi) is 6.41. The van der Waals surface area contributed by atoms with Crippen LogP contribution in [0.25, 0.3) is 0 Å². The Morgan fingerprint density at radius 2 is 1.59 bits per heavy atom. The molecule has 1 aromatic heterocycles. The van der Waals surface area contributed by atoms with Gasteiger partial charge in [-0.1, -0.05) is 17.7 Å². The van der Waals surface area contributed by atoms with Crippen LogP contribution in [0.15, 0.2) is 82.6 Å². The molecule has 34 heavy (non-hydrogen) atoms. The number of nitrogen functional groups attached to an aromatic ring is 1. The van der Waals surface area contributed by atoms with E-state index >= 15 is 0 Å². The molecule has 0 unspecified atom stereocenters. The second-order valence-electron chi connectivity index (χ2n) is 7.51. The zero-order valence-corrected chi connectivity index (χ0v) is 20.0. The second-order valence-corrected chi connectivity index (χ2v) is 10.4. The normalized spacial score (nSPS) is 11.3. The van der Waals surface area contributed by atoms with Gasteiger partial charge >= 0.3 is 0 Å². The van der Waals surface area contributed by atoms with E-state index in [1.54, 1.807) is 36.4 Å². The summed E-state index contributed by atoms with van der Waals surface area (Å²) in [5.41, 5.74) is 7.86. The number of benzene rings is 3. The van der Waals surface area contributed by atoms with Gasteiger partial charge in [0.2, 0.25) is 15.6 Å². The zero-order valence-electron chi connectivity index (χ0n) is 18.3. The third-order valence-electron chi connectivity index (χ3n) is 5.16. The van der Waals surface area contributed by atoms with E-state index in [4.69, 9.17) is 10.5 Å². The van der Waals surface area contributed by atoms with Crippen LogP contribution in [0.1, 0.15) is 20.8 Å². The minimum atomic E-state index is -4.07. The average molecular weight is 497 g/mol. The Balaban J connectivity index is 1.85. The SMILES string of the molecule is COc1ccc(C(=O)c2sc(Nc3ccc(F)cc3)c(S(=O)(=O)c3ccc(C)cc3)c2N)cc1. The number of hydrogen-bond donors (Lipinski definition) is 2. The van der Waals surface area contributed by atoms with Crippen LogP contribution in [-0.2, 0) is 9.84 Å². The van der Waals surface area contributed by atoms with Crippen LogP contribution in [0.4, 0.5) is 20.8 Å². The third kappa shape index (κ3) is 4.52. The largest absolute Gasteiger partial charge is 0.497 e. The highest BCUT2D eigenvalue weighted by molar-refractivity contribution is 7.92. The Morgan fingerprint density at radius 1 is 0.971 bits per heavy atom. The number of hydrogen-bond acceptors (Lipinski definition) is 7. The summed E-state index contributed by atoms with van der Waals surface area (Å²) in [5.74, 6) is -0.270. The van der Waals surface area contributed by atoms with Crippen molar-refractivity contribution in [1.82, 2.24) is 0 Å². The van der Waals surface area contributed by atoms with E-state index in [0.29, 0.717) is 17.0 Å². The summed E-state index contributed by atoms with van der Waals surface area (Å²) >= 11 is 0.933. The maximum Gasteiger partial charge on any atom is 0.211 e. The van der Waals surface area contributed by atoms with Crippen molar-refractivity contribution in [3.05, 3.63) is 94.6 Å². The van der Waals surface area contributed by atoms with Crippen LogP contribution in [-0.4, -0.2) is 21.3 Å². The summed E-state index contributed by atoms with van der Waals surface area (Å²) in [6.07, 6.45) is 0. The summed E-state index contributed by atoms with van der Waals surface area (Å²) in [6, 6.07) is 18.2. The fourth-order valence-corrected chi connectivity index (χ4v) is 6.25. The molecule has 0 atom stereocenters. The molecule has 3 aromatic carbocycles. The van der Waals surface area contributed by atoms with E-state index in [2.05, 4.69) is 5.32 Å². The molecule has 6 nitrogen and oxygen atoms in total. The molecule has 0 aliphatic rings. The lowest BCUT2D eigenvalue weighted by molar-refractivity contribution is 0.104. The number of ether oxygens (including phenoxy) is 1. The van der Waals surface area contributed by atoms with Gasteiger partial charge in [0.05, 0.1) is 17.7 Å². The fourth-order valence-electron chi connectivity index (χ4n) is 3.32. The quantitative estimate of drug-likeness (QED) is 0.324. The highest BCUT2D eigenvalue weighted by atomic mass is 32.2. The van der Waals surface area contributed by atoms with Gasteiger partial charge in [-0.3, -0.25) is 4.79 Å². The Morgan fingerprint density at radius 3 is 2.18 bits per heavy atom. The van der Waals surface area contributed by atoms with Gasteiger partial charge in [0, 0.05) is 11.3 Å². The third-order valence-corrected chi connectivity index (χ3v) is 8.26. The van der Waals surface area contributed by atoms with Crippen molar-refractivity contribution < 1.29 is 22.3 Å². The number of carbonyl (C=O) groups excluding carboxylic acids is 1. The molecular weight excluding hydrogens is 475 g/mol. The van der Waals surface area contributed by atoms with Gasteiger partial charge < -0.3 is 15.8 Å². The first-order valence-corrected chi connectivity index (χ1v) is 12.5. The molecule has 0 fully saturated rings. The van der Waals surface area contributed by atoms with Gasteiger partial charge in [0.25, 0.3) is 0 Å². The van der Waals surface area contributed by atoms with Crippen LogP contribution >= 0.6 is 11.3 Å². The number of thiophene rings is 1. The molecule has 0 aliphatic carbocycles. The molecule has 3 N–H and O–H groups in total. The molecule has 0 saturated heterocycles. The number of anilines is 3. The molecule has 4 rings (SSSR count). The molecule has 9 heteroatoms. The summed E-state index contributed by atoms with van der Waals surface area (Å²) < 4.78 is 45.7. The number of sulfone groups is 1. The standard InChI is InChI=1S/C25H21FN2O4S2/c1-15-3-13-20(14-4-15)34(30,31)24-21(27)23(22(29)16-5-11-19(32-2)12-6-16)33-25(24)28-18-9-7-17(26)8-10-18/h3-14,28H,27H2,1-2H3. The lowest BCUT2D eigenvalue weighted by atomic mass is 10.1. The summed E-state index contributed by atoms with van der Waals surface area (Å²) in [4.78, 5) is 13.2. The predicted molar refractivity (Wildman–Crippen MR) is 131 cm³/mol. The maximum atomic E-state index is 13.6. The molecule has 4 aromatic rings. The number of ketones is 1. The first-order valence-electron chi connectivity index (χ1n) is 10.2. The molecular formula is C25H21FN2O4S2. The van der Waals surface area contributed by atoms with Crippen molar-refractivity contribution >= 4 is 43.3 Å². The topological polar surface area (TPSA) is 98.5 Å². The number of nitrogens with two attached hydrogens (primary N) is 1. The minimum absolute atomic E-state index is 0.0493. The Labute approximate surface area is 200 Å². The van der Waals surface area contributed by atoms with Gasteiger partial charge in [-0.15, -0.1) is 11.3 Å². The molecule has 0 saturated carbocycles. The first kappa shape index (κ1) is 23.5. The molecule has 174 valence electrons. The van der Waals surface area contributed by atoms with Crippen LogP contribution in [0, 0.1) is 12.7 Å². The van der Waals surface area contributed by atoms with E-state index in [9.17, 15) is 17.6 Å². The predicted octanol–water partition coefficient (Wildman–Crippen LogP) is 5.59. The van der Waals surface area contributed by atoms with Crippen molar-refractivity contribution in [3.63, 3.8) is 0 Å². The Bertz CT molecular complexity index is 1440. The highest BCUT2D eigenvalue weighted by Crippen LogP contribution is 2.44. The lowest BCUT2D eigenvalue weighted by Crippen LogP contribution is -2.08. The van der Waals surface area contributed by atoms with Gasteiger partial charge in [-0.25, -0.2) is 12.8 Å². The fraction of sp³-hybridized carbons (Fsp3) is 0.0800. The smallest absolute Gasteiger partial charge is 0.211 e. The van der Waals surface area contributed by atoms with Gasteiger partial charge in [-0.2, -0.15) is 0 Å². The van der Waals surface area contributed by atoms with Crippen molar-refractivity contribution in [2.75, 3.05) is 18.2 Å². The number of methoxy groups -OCH3 is 1. The zero-order chi connectivity index (χ0) is 24.5. The van der Waals surface area contributed by atoms with Crippen molar-refractivity contribution in [3.8, 4) is 5.75 Å². The molecule has 0 amide bonds. The van der Waals surface area contributed by atoms with E-state index in [-0.39, 0.29) is 25.4 Å². The Hall–Kier alpha value is -3.69. The summed E-state index contributed by atoms with van der Waals surface area (Å²) in [6.45, 7) is 1.85. The lowest BCUT2D eigenvalue weighted by Gasteiger charge is -2.10. The molecule has 1 heterocycles. The number of rotatable bonds is 7. The van der Waals surface area contributed by atoms with E-state index in [1.807, 2.05) is 6.92 Å². The average Bonchev–Trinajstić information content (AvgIpc) is 3.16. The van der Waals surface area contributed by atoms with Crippen molar-refractivity contribution in [2.45, 2.75) is 16.7 Å². The van der Waals surface area contributed by atoms with Gasteiger partial charge in [-0.05, 0) is 67.6 Å². The molecule has 0 radical (unpaired) electrons. The van der Waals surface area contributed by atoms with Crippen LogP contribution in [0.5, 0.6) is 5.75 Å². The number of nitrogens with one attached hydrogen (secondary N) is 1. The number of aryl methyl sites for hydroxylation is 1. The van der Waals surface area contributed by atoms with Crippen LogP contribution in [0.2, 0.25) is 0 Å². The second kappa shape index (κ2) is 9.28. The summed E-state index contributed by atoms with van der Waals surface area (Å²) in [5, 5.41) is 3.16. The van der Waals surface area contributed by atoms with Crippen molar-refractivity contribution in [1.29, 1.82) is 0 Å². The number of halogens is 1. The molecule has 0 bridgehead atoms. The van der Waals surface area contributed by atoms with Gasteiger partial charge in [0.1, 0.15) is 26.3 Å². The van der Waals surface area contributed by atoms with Gasteiger partial charge in [0.15, 0.2) is 0 Å². The van der Waals surface area contributed by atoms with E-state index in [1.165, 1.54) is 43.5 Å². The van der Waals surface area contributed by atoms with E-state index in [0.717, 1.165) is 16.9 Å². The maximum absolute atomic E-state index is 13.6. The minimum Gasteiger partial charge on any atom is -0.497 e. The first-order chi connectivity index (χ1) is 16.2. The number of carbonyl (C=O) groups is 1. The molecule has 0 aliphatic heterocycles. The van der Waals surface area contributed by atoms with Crippen LogP contribution < -0.4 is 15.8 Å². The highest BCUT2D eigenvalue weighted by Gasteiger charge is 2.31. The summed E-state index contributed by atoms with van der Waals surface area (Å²) in [7, 11) is -2.56. The van der Waals surface area contributed by atoms with Crippen LogP contribution in [0.3, 0.4) is 0 Å². The van der Waals surface area contributed by atoms with E-state index < -0.39 is 21.4 Å². The van der Waals surface area contributed by atoms with Crippen molar-refractivity contribution in [2.24, 2.45) is 0 Å².